The molecule has 0 saturated heterocycles. The molecule has 0 fully saturated rings. The number of aryl methyl sites for hydroxylation is 2. The number of hydrogen-bond donors (Lipinski definition) is 0. The van der Waals surface area contributed by atoms with E-state index < -0.39 is 12.3 Å². The maximum atomic E-state index is 8.59. The molecule has 0 N–H and O–H groups in total. The molecule has 0 bridgehead atoms. The summed E-state index contributed by atoms with van der Waals surface area (Å²) in [6.45, 7) is 3.94. The molecule has 1 unspecified atom stereocenters. The Morgan fingerprint density at radius 3 is 2.89 bits per heavy atom. The van der Waals surface area contributed by atoms with Crippen LogP contribution < -0.4 is 4.57 Å². The molecule has 0 aliphatic heterocycles. The molecule has 1 nitrogen and oxygen atoms in total. The fourth-order valence-electron chi connectivity index (χ4n) is 2.86. The van der Waals surface area contributed by atoms with Crippen LogP contribution in [0.15, 0.2) is 36.5 Å². The van der Waals surface area contributed by atoms with Crippen molar-refractivity contribution in [2.24, 2.45) is 7.05 Å². The van der Waals surface area contributed by atoms with E-state index in [0.29, 0.717) is 18.4 Å². The SMILES string of the molecule is [2H]C1([2H])CCC([2H])(C)c2cc[n+](C)c(-c3ccccc3C)c21. The van der Waals surface area contributed by atoms with Gasteiger partial charge in [0.2, 0.25) is 5.69 Å². The standard InChI is InChI=1S/C18H22N/c1-13-8-6-10-17-15(13)11-12-19(3)18(17)16-9-5-4-7-14(16)2/h4-5,7,9,11-13H,6,8,10H2,1-3H3/q+1/i10D2,13D. The van der Waals surface area contributed by atoms with Crippen molar-refractivity contribution in [3.05, 3.63) is 53.2 Å². The van der Waals surface area contributed by atoms with Crippen molar-refractivity contribution in [1.29, 1.82) is 0 Å². The molecule has 1 aromatic carbocycles. The van der Waals surface area contributed by atoms with Crippen LogP contribution in [0.5, 0.6) is 0 Å². The summed E-state index contributed by atoms with van der Waals surface area (Å²) in [4.78, 5) is 0. The van der Waals surface area contributed by atoms with Crippen LogP contribution in [0.25, 0.3) is 11.3 Å². The lowest BCUT2D eigenvalue weighted by Gasteiger charge is -2.23. The van der Waals surface area contributed by atoms with Gasteiger partial charge in [0.15, 0.2) is 6.20 Å². The van der Waals surface area contributed by atoms with Crippen LogP contribution in [-0.4, -0.2) is 0 Å². The fourth-order valence-corrected chi connectivity index (χ4v) is 2.86. The second kappa shape index (κ2) is 4.80. The molecule has 0 radical (unpaired) electrons. The van der Waals surface area contributed by atoms with Crippen molar-refractivity contribution in [3.8, 4) is 11.3 Å². The number of benzene rings is 1. The minimum atomic E-state index is -1.40. The van der Waals surface area contributed by atoms with Crippen molar-refractivity contribution in [1.82, 2.24) is 0 Å². The van der Waals surface area contributed by atoms with E-state index in [0.717, 1.165) is 22.4 Å². The van der Waals surface area contributed by atoms with Gasteiger partial charge in [0.1, 0.15) is 7.05 Å². The van der Waals surface area contributed by atoms with E-state index in [1.807, 2.05) is 62.0 Å². The Balaban J connectivity index is 2.40. The average molecular weight is 255 g/mol. The van der Waals surface area contributed by atoms with E-state index in [2.05, 4.69) is 0 Å². The van der Waals surface area contributed by atoms with Gasteiger partial charge in [0.05, 0.1) is 0 Å². The zero-order chi connectivity index (χ0) is 16.1. The Morgan fingerprint density at radius 2 is 2.11 bits per heavy atom. The first kappa shape index (κ1) is 9.30. The summed E-state index contributed by atoms with van der Waals surface area (Å²) in [5.74, 6) is -0.730. The maximum Gasteiger partial charge on any atom is 0.216 e. The first-order valence-corrected chi connectivity index (χ1v) is 6.84. The lowest BCUT2D eigenvalue weighted by atomic mass is 9.82. The normalized spacial score (nSPS) is 27.0. The number of hydrogen-bond acceptors (Lipinski definition) is 0. The quantitative estimate of drug-likeness (QED) is 0.680. The van der Waals surface area contributed by atoms with Gasteiger partial charge in [-0.05, 0) is 49.2 Å². The highest BCUT2D eigenvalue weighted by Crippen LogP contribution is 2.35. The van der Waals surface area contributed by atoms with Crippen molar-refractivity contribution in [2.75, 3.05) is 0 Å². The Morgan fingerprint density at radius 1 is 1.32 bits per heavy atom. The molecule has 1 heterocycles. The van der Waals surface area contributed by atoms with Crippen LogP contribution in [0.4, 0.5) is 0 Å². The van der Waals surface area contributed by atoms with Gasteiger partial charge < -0.3 is 0 Å². The summed E-state index contributed by atoms with van der Waals surface area (Å²) in [5.41, 5.74) is 4.58. The summed E-state index contributed by atoms with van der Waals surface area (Å²) in [5, 5.41) is 0. The zero-order valence-electron chi connectivity index (χ0n) is 14.8. The average Bonchev–Trinajstić information content (AvgIpc) is 2.45. The van der Waals surface area contributed by atoms with Gasteiger partial charge in [0, 0.05) is 21.3 Å². The number of pyridine rings is 1. The zero-order valence-corrected chi connectivity index (χ0v) is 11.8. The molecule has 19 heavy (non-hydrogen) atoms. The van der Waals surface area contributed by atoms with Crippen LogP contribution in [0.3, 0.4) is 0 Å². The third kappa shape index (κ3) is 2.07. The van der Waals surface area contributed by atoms with E-state index >= 15 is 0 Å². The summed E-state index contributed by atoms with van der Waals surface area (Å²) in [6.07, 6.45) is 1.50. The van der Waals surface area contributed by atoms with E-state index in [9.17, 15) is 0 Å². The molecule has 1 aromatic heterocycles. The molecule has 0 saturated carbocycles. The summed E-state index contributed by atoms with van der Waals surface area (Å²) in [6, 6.07) is 9.99. The van der Waals surface area contributed by atoms with E-state index in [1.54, 1.807) is 0 Å². The van der Waals surface area contributed by atoms with Crippen molar-refractivity contribution in [2.45, 2.75) is 39.0 Å². The molecule has 1 heteroatoms. The van der Waals surface area contributed by atoms with Gasteiger partial charge in [0.25, 0.3) is 0 Å². The monoisotopic (exact) mass is 255 g/mol. The fraction of sp³-hybridized carbons (Fsp3) is 0.389. The van der Waals surface area contributed by atoms with Crippen molar-refractivity contribution < 1.29 is 8.68 Å². The Bertz CT molecular complexity index is 735. The summed E-state index contributed by atoms with van der Waals surface area (Å²) < 4.78 is 27.6. The Kier molecular flexibility index (Phi) is 2.35. The molecule has 0 amide bonds. The van der Waals surface area contributed by atoms with Gasteiger partial charge in [-0.1, -0.05) is 25.1 Å². The second-order valence-electron chi connectivity index (χ2n) is 5.34. The second-order valence-corrected chi connectivity index (χ2v) is 5.34. The topological polar surface area (TPSA) is 3.88 Å². The predicted octanol–water partition coefficient (Wildman–Crippen LogP) is 3.93. The van der Waals surface area contributed by atoms with Gasteiger partial charge in [-0.2, -0.15) is 0 Å². The van der Waals surface area contributed by atoms with Crippen molar-refractivity contribution >= 4 is 0 Å². The molecule has 98 valence electrons. The van der Waals surface area contributed by atoms with E-state index in [4.69, 9.17) is 4.11 Å². The highest BCUT2D eigenvalue weighted by molar-refractivity contribution is 5.65. The van der Waals surface area contributed by atoms with Gasteiger partial charge in [-0.3, -0.25) is 0 Å². The third-order valence-electron chi connectivity index (χ3n) is 3.99. The van der Waals surface area contributed by atoms with Gasteiger partial charge in [-0.15, -0.1) is 0 Å². The molecular weight excluding hydrogens is 230 g/mol. The molecular formula is C18H22N+. The van der Waals surface area contributed by atoms with Crippen LogP contribution in [0, 0.1) is 6.92 Å². The number of fused-ring (bicyclic) bond motifs is 1. The number of nitrogens with zero attached hydrogens (tertiary/aromatic N) is 1. The smallest absolute Gasteiger partial charge is 0.201 e. The van der Waals surface area contributed by atoms with Gasteiger partial charge >= 0.3 is 0 Å². The van der Waals surface area contributed by atoms with Crippen LogP contribution in [0.2, 0.25) is 0 Å². The molecule has 0 spiro atoms. The largest absolute Gasteiger partial charge is 0.216 e. The lowest BCUT2D eigenvalue weighted by molar-refractivity contribution is -0.660. The molecule has 3 rings (SSSR count). The molecule has 1 aliphatic rings. The minimum absolute atomic E-state index is 0.392. The predicted molar refractivity (Wildman–Crippen MR) is 79.1 cm³/mol. The number of aromatic nitrogens is 1. The summed E-state index contributed by atoms with van der Waals surface area (Å²) in [7, 11) is 1.95. The van der Waals surface area contributed by atoms with E-state index in [1.165, 1.54) is 0 Å². The molecule has 2 aromatic rings. The first-order chi connectivity index (χ1) is 10.2. The molecule has 1 atom stereocenters. The molecule has 1 aliphatic carbocycles. The van der Waals surface area contributed by atoms with E-state index in [-0.39, 0.29) is 0 Å². The third-order valence-corrected chi connectivity index (χ3v) is 3.99. The van der Waals surface area contributed by atoms with Crippen LogP contribution in [-0.2, 0) is 13.4 Å². The summed E-state index contributed by atoms with van der Waals surface area (Å²) >= 11 is 0. The van der Waals surface area contributed by atoms with Gasteiger partial charge in [-0.25, -0.2) is 4.57 Å². The van der Waals surface area contributed by atoms with Crippen LogP contribution in [0.1, 0.15) is 46.5 Å². The maximum absolute atomic E-state index is 8.59. The number of rotatable bonds is 1. The van der Waals surface area contributed by atoms with Crippen molar-refractivity contribution in [3.63, 3.8) is 0 Å². The Labute approximate surface area is 120 Å². The minimum Gasteiger partial charge on any atom is -0.201 e. The highest BCUT2D eigenvalue weighted by atomic mass is 14.9. The first-order valence-electron chi connectivity index (χ1n) is 8.34. The Hall–Kier alpha value is -1.63. The lowest BCUT2D eigenvalue weighted by Crippen LogP contribution is -2.33. The highest BCUT2D eigenvalue weighted by Gasteiger charge is 2.26. The van der Waals surface area contributed by atoms with Crippen LogP contribution >= 0.6 is 0 Å².